The minimum absolute atomic E-state index is 0.599. The topological polar surface area (TPSA) is 33.3 Å². The summed E-state index contributed by atoms with van der Waals surface area (Å²) < 4.78 is 0. The molecule has 2 N–H and O–H groups in total. The normalized spacial score (nSPS) is 10.0. The van der Waals surface area contributed by atoms with Crippen molar-refractivity contribution in [3.8, 4) is 0 Å². The van der Waals surface area contributed by atoms with Crippen LogP contribution in [-0.2, 0) is 4.84 Å². The van der Waals surface area contributed by atoms with Crippen molar-refractivity contribution in [2.45, 2.75) is 20.3 Å². The van der Waals surface area contributed by atoms with Crippen LogP contribution in [0.4, 0.5) is 0 Å². The molecule has 0 unspecified atom stereocenters. The molecule has 0 aliphatic rings. The van der Waals surface area contributed by atoms with Crippen molar-refractivity contribution in [1.29, 1.82) is 0 Å². The Hall–Kier alpha value is -0.120. The standard InChI is InChI=1S/C6H16N2O/c1-3-5-7-6-9-8-4-2/h7-8H,3-6H2,1-2H3. The molecule has 3 heteroatoms. The van der Waals surface area contributed by atoms with E-state index in [0.29, 0.717) is 6.73 Å². The van der Waals surface area contributed by atoms with Gasteiger partial charge >= 0.3 is 0 Å². The second-order valence-corrected chi connectivity index (χ2v) is 1.79. The van der Waals surface area contributed by atoms with E-state index in [1.165, 1.54) is 0 Å². The Balaban J connectivity index is 2.60. The summed E-state index contributed by atoms with van der Waals surface area (Å²) >= 11 is 0. The van der Waals surface area contributed by atoms with E-state index in [0.717, 1.165) is 19.5 Å². The quantitative estimate of drug-likeness (QED) is 0.313. The molecule has 0 aliphatic carbocycles. The number of hydrogen-bond donors (Lipinski definition) is 2. The largest absolute Gasteiger partial charge is 0.293 e. The maximum Gasteiger partial charge on any atom is 0.118 e. The lowest BCUT2D eigenvalue weighted by Crippen LogP contribution is -2.25. The molecule has 0 bridgehead atoms. The molecule has 0 fully saturated rings. The highest BCUT2D eigenvalue weighted by Crippen LogP contribution is 1.68. The van der Waals surface area contributed by atoms with Crippen LogP contribution >= 0.6 is 0 Å². The number of nitrogens with one attached hydrogen (secondary N) is 2. The SMILES string of the molecule is CCCNCONCC. The third-order valence-corrected chi connectivity index (χ3v) is 0.847. The van der Waals surface area contributed by atoms with Crippen LogP contribution in [0.25, 0.3) is 0 Å². The third kappa shape index (κ3) is 7.88. The first-order valence-electron chi connectivity index (χ1n) is 3.47. The Kier molecular flexibility index (Phi) is 7.77. The van der Waals surface area contributed by atoms with Crippen molar-refractivity contribution in [2.24, 2.45) is 0 Å². The zero-order chi connectivity index (χ0) is 6.95. The third-order valence-electron chi connectivity index (χ3n) is 0.847. The minimum Gasteiger partial charge on any atom is -0.293 e. The highest BCUT2D eigenvalue weighted by atomic mass is 16.7. The summed E-state index contributed by atoms with van der Waals surface area (Å²) in [6.07, 6.45) is 1.15. The van der Waals surface area contributed by atoms with Gasteiger partial charge in [-0.2, -0.15) is 0 Å². The first-order valence-corrected chi connectivity index (χ1v) is 3.47. The predicted octanol–water partition coefficient (Wildman–Crippen LogP) is 0.485. The van der Waals surface area contributed by atoms with E-state index in [2.05, 4.69) is 17.7 Å². The smallest absolute Gasteiger partial charge is 0.118 e. The first-order chi connectivity index (χ1) is 4.41. The van der Waals surface area contributed by atoms with Gasteiger partial charge in [0, 0.05) is 6.54 Å². The fraction of sp³-hybridized carbons (Fsp3) is 1.00. The van der Waals surface area contributed by atoms with Crippen LogP contribution in [0, 0.1) is 0 Å². The Morgan fingerprint density at radius 3 is 2.67 bits per heavy atom. The van der Waals surface area contributed by atoms with E-state index in [-0.39, 0.29) is 0 Å². The molecule has 0 aromatic heterocycles. The molecule has 0 rings (SSSR count). The van der Waals surface area contributed by atoms with Crippen LogP contribution in [0.1, 0.15) is 20.3 Å². The van der Waals surface area contributed by atoms with Gasteiger partial charge in [0.25, 0.3) is 0 Å². The molecule has 0 spiro atoms. The molecule has 9 heavy (non-hydrogen) atoms. The number of hydroxylamine groups is 1. The predicted molar refractivity (Wildman–Crippen MR) is 37.9 cm³/mol. The van der Waals surface area contributed by atoms with Crippen LogP contribution in [0.15, 0.2) is 0 Å². The summed E-state index contributed by atoms with van der Waals surface area (Å²) in [5.41, 5.74) is 2.74. The van der Waals surface area contributed by atoms with Gasteiger partial charge in [-0.25, -0.2) is 5.48 Å². The molecule has 0 aromatic carbocycles. The van der Waals surface area contributed by atoms with Crippen molar-refractivity contribution in [3.05, 3.63) is 0 Å². The average molecular weight is 132 g/mol. The molecular formula is C6H16N2O. The van der Waals surface area contributed by atoms with Gasteiger partial charge in [-0.15, -0.1) is 0 Å². The van der Waals surface area contributed by atoms with Gasteiger partial charge in [0.1, 0.15) is 6.73 Å². The van der Waals surface area contributed by atoms with Gasteiger partial charge in [-0.3, -0.25) is 10.2 Å². The van der Waals surface area contributed by atoms with Crippen molar-refractivity contribution in [1.82, 2.24) is 10.8 Å². The van der Waals surface area contributed by atoms with Gasteiger partial charge in [0.15, 0.2) is 0 Å². The van der Waals surface area contributed by atoms with E-state index in [9.17, 15) is 0 Å². The van der Waals surface area contributed by atoms with Crippen molar-refractivity contribution in [3.63, 3.8) is 0 Å². The first kappa shape index (κ1) is 8.88. The molecule has 0 amide bonds. The van der Waals surface area contributed by atoms with Gasteiger partial charge in [-0.1, -0.05) is 13.8 Å². The van der Waals surface area contributed by atoms with Gasteiger partial charge in [0.05, 0.1) is 0 Å². The maximum atomic E-state index is 4.92. The second-order valence-electron chi connectivity index (χ2n) is 1.79. The van der Waals surface area contributed by atoms with E-state index < -0.39 is 0 Å². The summed E-state index contributed by atoms with van der Waals surface area (Å²) in [4.78, 5) is 4.92. The summed E-state index contributed by atoms with van der Waals surface area (Å²) in [7, 11) is 0. The maximum absolute atomic E-state index is 4.92. The highest BCUT2D eigenvalue weighted by molar-refractivity contribution is 4.33. The lowest BCUT2D eigenvalue weighted by atomic mass is 10.5. The molecule has 0 saturated heterocycles. The lowest BCUT2D eigenvalue weighted by molar-refractivity contribution is 0.0319. The van der Waals surface area contributed by atoms with Crippen LogP contribution in [-0.4, -0.2) is 19.8 Å². The summed E-state index contributed by atoms with van der Waals surface area (Å²) in [6, 6.07) is 0. The Morgan fingerprint density at radius 2 is 2.11 bits per heavy atom. The van der Waals surface area contributed by atoms with E-state index in [4.69, 9.17) is 4.84 Å². The lowest BCUT2D eigenvalue weighted by Gasteiger charge is -2.02. The van der Waals surface area contributed by atoms with Crippen LogP contribution < -0.4 is 10.8 Å². The summed E-state index contributed by atoms with van der Waals surface area (Å²) in [6.45, 7) is 6.60. The molecule has 0 atom stereocenters. The zero-order valence-electron chi connectivity index (χ0n) is 6.24. The minimum atomic E-state index is 0.599. The van der Waals surface area contributed by atoms with Crippen LogP contribution in [0.3, 0.4) is 0 Å². The molecular weight excluding hydrogens is 116 g/mol. The van der Waals surface area contributed by atoms with Crippen molar-refractivity contribution < 1.29 is 4.84 Å². The van der Waals surface area contributed by atoms with Gasteiger partial charge in [0.2, 0.25) is 0 Å². The van der Waals surface area contributed by atoms with Gasteiger partial charge in [-0.05, 0) is 13.0 Å². The Bertz CT molecular complexity index is 44.3. The van der Waals surface area contributed by atoms with E-state index in [1.54, 1.807) is 0 Å². The molecule has 0 aromatic rings. The Morgan fingerprint density at radius 1 is 1.33 bits per heavy atom. The zero-order valence-corrected chi connectivity index (χ0v) is 6.24. The summed E-state index contributed by atoms with van der Waals surface area (Å²) in [5.74, 6) is 0. The van der Waals surface area contributed by atoms with Gasteiger partial charge < -0.3 is 0 Å². The monoisotopic (exact) mass is 132 g/mol. The van der Waals surface area contributed by atoms with Crippen molar-refractivity contribution >= 4 is 0 Å². The second kappa shape index (κ2) is 7.88. The molecule has 56 valence electrons. The molecule has 3 nitrogen and oxygen atoms in total. The van der Waals surface area contributed by atoms with E-state index >= 15 is 0 Å². The molecule has 0 heterocycles. The molecule has 0 saturated carbocycles. The van der Waals surface area contributed by atoms with E-state index in [1.807, 2.05) is 6.92 Å². The molecule has 0 radical (unpaired) electrons. The molecule has 0 aliphatic heterocycles. The van der Waals surface area contributed by atoms with Crippen molar-refractivity contribution in [2.75, 3.05) is 19.8 Å². The van der Waals surface area contributed by atoms with Crippen LogP contribution in [0.5, 0.6) is 0 Å². The fourth-order valence-corrected chi connectivity index (χ4v) is 0.453. The number of hydrogen-bond acceptors (Lipinski definition) is 3. The highest BCUT2D eigenvalue weighted by Gasteiger charge is 1.81. The number of rotatable bonds is 6. The summed E-state index contributed by atoms with van der Waals surface area (Å²) in [5, 5.41) is 3.09. The average Bonchev–Trinajstić information content (AvgIpc) is 1.89. The fourth-order valence-electron chi connectivity index (χ4n) is 0.453. The van der Waals surface area contributed by atoms with Crippen LogP contribution in [0.2, 0.25) is 0 Å². The Labute approximate surface area is 56.7 Å².